The predicted octanol–water partition coefficient (Wildman–Crippen LogP) is 6.62. The number of benzene rings is 3. The summed E-state index contributed by atoms with van der Waals surface area (Å²) in [4.78, 5) is 28.1. The normalized spacial score (nSPS) is 18.3. The number of hydrogen-bond donors (Lipinski definition) is 0. The summed E-state index contributed by atoms with van der Waals surface area (Å²) < 4.78 is 11.7. The van der Waals surface area contributed by atoms with Crippen LogP contribution >= 0.6 is 11.6 Å². The fraction of sp³-hybridized carbons (Fsp3) is 0.379. The molecule has 35 heavy (non-hydrogen) atoms. The number of rotatable bonds is 5. The third-order valence-corrected chi connectivity index (χ3v) is 6.39. The van der Waals surface area contributed by atoms with E-state index in [9.17, 15) is 9.59 Å². The van der Waals surface area contributed by atoms with Crippen LogP contribution in [0.4, 0.5) is 5.69 Å². The second kappa shape index (κ2) is 10.00. The van der Waals surface area contributed by atoms with Gasteiger partial charge in [0.15, 0.2) is 0 Å². The Balaban J connectivity index is 1.93. The average molecular weight is 494 g/mol. The third kappa shape index (κ3) is 5.36. The van der Waals surface area contributed by atoms with Gasteiger partial charge in [-0.1, -0.05) is 68.8 Å². The molecule has 0 aliphatic carbocycles. The maximum Gasteiger partial charge on any atom is 0.308 e. The van der Waals surface area contributed by atoms with Crippen molar-refractivity contribution in [3.63, 3.8) is 0 Å². The Hall–Kier alpha value is -2.89. The van der Waals surface area contributed by atoms with Crippen molar-refractivity contribution in [1.29, 1.82) is 0 Å². The van der Waals surface area contributed by atoms with Gasteiger partial charge in [0.1, 0.15) is 12.2 Å². The molecule has 0 radical (unpaired) electrons. The summed E-state index contributed by atoms with van der Waals surface area (Å²) in [5.74, 6) is -0.714. The van der Waals surface area contributed by atoms with Crippen molar-refractivity contribution in [1.82, 2.24) is 0 Å². The molecule has 4 rings (SSSR count). The maximum absolute atomic E-state index is 13.9. The van der Waals surface area contributed by atoms with Crippen molar-refractivity contribution in [2.24, 2.45) is 5.41 Å². The minimum absolute atomic E-state index is 0.157. The lowest BCUT2D eigenvalue weighted by Crippen LogP contribution is -2.44. The summed E-state index contributed by atoms with van der Waals surface area (Å²) in [6.07, 6.45) is -1.75. The number of nitrogens with zero attached hydrogens (tertiary/aromatic N) is 1. The fourth-order valence-electron chi connectivity index (χ4n) is 4.67. The van der Waals surface area contributed by atoms with Crippen LogP contribution in [0, 0.1) is 12.3 Å². The van der Waals surface area contributed by atoms with Gasteiger partial charge in [0.25, 0.3) is 5.91 Å². The van der Waals surface area contributed by atoms with Gasteiger partial charge in [-0.2, -0.15) is 0 Å². The number of hydrogen-bond acceptors (Lipinski definition) is 4. The Morgan fingerprint density at radius 2 is 1.77 bits per heavy atom. The van der Waals surface area contributed by atoms with E-state index in [2.05, 4.69) is 45.9 Å². The van der Waals surface area contributed by atoms with Crippen molar-refractivity contribution >= 4 is 39.9 Å². The summed E-state index contributed by atoms with van der Waals surface area (Å²) in [5, 5.41) is 2.71. The van der Waals surface area contributed by atoms with Gasteiger partial charge in [-0.15, -0.1) is 0 Å². The molecule has 0 saturated heterocycles. The molecule has 0 bridgehead atoms. The molecule has 5 nitrogen and oxygen atoms in total. The molecular formula is C29H32ClNO4. The lowest BCUT2D eigenvalue weighted by Gasteiger charge is -2.31. The summed E-state index contributed by atoms with van der Waals surface area (Å²) in [6, 6.07) is 17.8. The highest BCUT2D eigenvalue weighted by Gasteiger charge is 2.39. The molecule has 0 N–H and O–H groups in total. The number of anilines is 1. The second-order valence-electron chi connectivity index (χ2n) is 10.2. The van der Waals surface area contributed by atoms with Gasteiger partial charge in [0.05, 0.1) is 13.0 Å². The Morgan fingerprint density at radius 1 is 1.06 bits per heavy atom. The van der Waals surface area contributed by atoms with Crippen LogP contribution in [0.15, 0.2) is 54.6 Å². The minimum atomic E-state index is -0.993. The molecule has 6 heteroatoms. The summed E-state index contributed by atoms with van der Waals surface area (Å²) >= 11 is 6.47. The van der Waals surface area contributed by atoms with E-state index in [0.29, 0.717) is 11.6 Å². The van der Waals surface area contributed by atoms with Crippen LogP contribution in [0.25, 0.3) is 10.8 Å². The van der Waals surface area contributed by atoms with Gasteiger partial charge in [-0.05, 0) is 59.4 Å². The summed E-state index contributed by atoms with van der Waals surface area (Å²) in [6.45, 7) is 10.8. The standard InChI is InChI=1S/C29H32ClNO4/c1-6-34-26(32)16-25-28(33)31(17-29(3,4)5)24-14-13-19(30)15-23(24)27(35-25)22-12-8-10-20-18(2)9-7-11-21(20)22/h7-15,25,27H,6,16-17H2,1-5H3/t25-,27-/m1/s1. The molecule has 1 amide bonds. The monoisotopic (exact) mass is 493 g/mol. The van der Waals surface area contributed by atoms with Crippen LogP contribution in [-0.4, -0.2) is 31.1 Å². The van der Waals surface area contributed by atoms with Crippen LogP contribution in [0.1, 0.15) is 56.9 Å². The van der Waals surface area contributed by atoms with E-state index in [1.807, 2.05) is 30.3 Å². The zero-order valence-corrected chi connectivity index (χ0v) is 21.7. The fourth-order valence-corrected chi connectivity index (χ4v) is 4.86. The van der Waals surface area contributed by atoms with Crippen LogP contribution in [-0.2, 0) is 19.1 Å². The zero-order chi connectivity index (χ0) is 25.3. The molecule has 0 aromatic heterocycles. The molecule has 184 valence electrons. The van der Waals surface area contributed by atoms with E-state index < -0.39 is 18.2 Å². The molecular weight excluding hydrogens is 462 g/mol. The van der Waals surface area contributed by atoms with E-state index in [1.165, 1.54) is 0 Å². The molecule has 1 aliphatic heterocycles. The van der Waals surface area contributed by atoms with Crippen molar-refractivity contribution in [2.45, 2.75) is 53.2 Å². The lowest BCUT2D eigenvalue weighted by atomic mass is 9.92. The first-order valence-electron chi connectivity index (χ1n) is 12.0. The number of halogens is 1. The highest BCUT2D eigenvalue weighted by atomic mass is 35.5. The zero-order valence-electron chi connectivity index (χ0n) is 20.9. The molecule has 3 aromatic carbocycles. The first kappa shape index (κ1) is 25.2. The molecule has 0 spiro atoms. The average Bonchev–Trinajstić information content (AvgIpc) is 2.89. The molecule has 0 fully saturated rings. The lowest BCUT2D eigenvalue weighted by molar-refractivity contribution is -0.151. The topological polar surface area (TPSA) is 55.8 Å². The van der Waals surface area contributed by atoms with E-state index in [-0.39, 0.29) is 24.3 Å². The summed E-state index contributed by atoms with van der Waals surface area (Å²) in [7, 11) is 0. The van der Waals surface area contributed by atoms with Gasteiger partial charge < -0.3 is 14.4 Å². The van der Waals surface area contributed by atoms with Crippen LogP contribution in [0.5, 0.6) is 0 Å². The highest BCUT2D eigenvalue weighted by molar-refractivity contribution is 6.30. The number of esters is 1. The molecule has 1 heterocycles. The van der Waals surface area contributed by atoms with E-state index >= 15 is 0 Å². The van der Waals surface area contributed by atoms with Crippen LogP contribution < -0.4 is 4.90 Å². The van der Waals surface area contributed by atoms with Crippen LogP contribution in [0.2, 0.25) is 5.02 Å². The van der Waals surface area contributed by atoms with Gasteiger partial charge in [-0.25, -0.2) is 0 Å². The maximum atomic E-state index is 13.9. The van der Waals surface area contributed by atoms with Crippen LogP contribution in [0.3, 0.4) is 0 Å². The quantitative estimate of drug-likeness (QED) is 0.375. The van der Waals surface area contributed by atoms with E-state index in [1.54, 1.807) is 17.9 Å². The first-order chi connectivity index (χ1) is 16.6. The van der Waals surface area contributed by atoms with Gasteiger partial charge in [0, 0.05) is 22.8 Å². The number of carbonyl (C=O) groups is 2. The Morgan fingerprint density at radius 3 is 2.49 bits per heavy atom. The highest BCUT2D eigenvalue weighted by Crippen LogP contribution is 2.43. The Bertz CT molecular complexity index is 1260. The predicted molar refractivity (Wildman–Crippen MR) is 140 cm³/mol. The Kier molecular flexibility index (Phi) is 7.20. The first-order valence-corrected chi connectivity index (χ1v) is 12.4. The van der Waals surface area contributed by atoms with E-state index in [0.717, 1.165) is 33.2 Å². The number of ether oxygens (including phenoxy) is 2. The number of aryl methyl sites for hydroxylation is 1. The van der Waals surface area contributed by atoms with Gasteiger partial charge >= 0.3 is 5.97 Å². The molecule has 0 saturated carbocycles. The largest absolute Gasteiger partial charge is 0.466 e. The minimum Gasteiger partial charge on any atom is -0.466 e. The number of carbonyl (C=O) groups excluding carboxylic acids is 2. The van der Waals surface area contributed by atoms with Crippen molar-refractivity contribution in [3.8, 4) is 0 Å². The molecule has 2 atom stereocenters. The van der Waals surface area contributed by atoms with Crippen molar-refractivity contribution < 1.29 is 19.1 Å². The number of amides is 1. The summed E-state index contributed by atoms with van der Waals surface area (Å²) in [5.41, 5.74) is 3.44. The SMILES string of the molecule is CCOC(=O)C[C@H]1O[C@H](c2cccc3c(C)cccc23)c2cc(Cl)ccc2N(CC(C)(C)C)C1=O. The molecule has 1 aliphatic rings. The Labute approximate surface area is 212 Å². The van der Waals surface area contributed by atoms with Crippen molar-refractivity contribution in [2.75, 3.05) is 18.1 Å². The number of fused-ring (bicyclic) bond motifs is 2. The molecule has 3 aromatic rings. The van der Waals surface area contributed by atoms with E-state index in [4.69, 9.17) is 21.1 Å². The van der Waals surface area contributed by atoms with Gasteiger partial charge in [-0.3, -0.25) is 9.59 Å². The second-order valence-corrected chi connectivity index (χ2v) is 10.7. The smallest absolute Gasteiger partial charge is 0.308 e. The van der Waals surface area contributed by atoms with Gasteiger partial charge in [0.2, 0.25) is 0 Å². The molecule has 0 unspecified atom stereocenters. The van der Waals surface area contributed by atoms with Crippen molar-refractivity contribution in [3.05, 3.63) is 76.3 Å². The third-order valence-electron chi connectivity index (χ3n) is 6.15.